The molecule has 2 rings (SSSR count). The molecule has 0 unspecified atom stereocenters. The van der Waals surface area contributed by atoms with E-state index < -0.39 is 5.97 Å². The predicted molar refractivity (Wildman–Crippen MR) is 82.6 cm³/mol. The highest BCUT2D eigenvalue weighted by molar-refractivity contribution is 5.88. The molecule has 0 aliphatic carbocycles. The molecule has 0 saturated carbocycles. The second kappa shape index (κ2) is 5.60. The lowest BCUT2D eigenvalue weighted by Gasteiger charge is -2.19. The molecule has 0 aliphatic heterocycles. The minimum Gasteiger partial charge on any atom is -0.461 e. The van der Waals surface area contributed by atoms with Crippen LogP contribution in [0.25, 0.3) is 5.69 Å². The Morgan fingerprint density at radius 3 is 2.43 bits per heavy atom. The Kier molecular flexibility index (Phi) is 4.02. The van der Waals surface area contributed by atoms with Gasteiger partial charge in [0, 0.05) is 6.07 Å². The number of nitrogens with zero attached hydrogens (tertiary/aromatic N) is 2. The summed E-state index contributed by atoms with van der Waals surface area (Å²) >= 11 is 0. The van der Waals surface area contributed by atoms with E-state index in [0.717, 1.165) is 5.69 Å². The Morgan fingerprint density at radius 2 is 1.90 bits per heavy atom. The van der Waals surface area contributed by atoms with Gasteiger partial charge in [0.15, 0.2) is 5.69 Å². The summed E-state index contributed by atoms with van der Waals surface area (Å²) in [6.07, 6.45) is 0. The van der Waals surface area contributed by atoms with Crippen molar-refractivity contribution in [1.29, 1.82) is 0 Å². The lowest BCUT2D eigenvalue weighted by atomic mass is 9.87. The number of hydrogen-bond acceptors (Lipinski definition) is 4. The number of hydrogen-bond donors (Lipinski definition) is 1. The van der Waals surface area contributed by atoms with E-state index in [4.69, 9.17) is 10.5 Å². The first kappa shape index (κ1) is 15.1. The van der Waals surface area contributed by atoms with Crippen LogP contribution in [0.4, 0.5) is 5.82 Å². The Hall–Kier alpha value is -2.30. The van der Waals surface area contributed by atoms with E-state index in [0.29, 0.717) is 12.4 Å². The molecule has 21 heavy (non-hydrogen) atoms. The molecular weight excluding hydrogens is 266 g/mol. The van der Waals surface area contributed by atoms with E-state index >= 15 is 0 Å². The van der Waals surface area contributed by atoms with Gasteiger partial charge in [0.05, 0.1) is 12.3 Å². The van der Waals surface area contributed by atoms with E-state index in [2.05, 4.69) is 25.9 Å². The third kappa shape index (κ3) is 3.24. The van der Waals surface area contributed by atoms with Crippen LogP contribution in [0.2, 0.25) is 0 Å². The summed E-state index contributed by atoms with van der Waals surface area (Å²) in [4.78, 5) is 11.7. The standard InChI is InChI=1S/C16H21N3O2/c1-5-21-15(20)13-10-14(17)19(18-13)12-8-6-11(7-9-12)16(2,3)4/h6-10H,5,17H2,1-4H3. The van der Waals surface area contributed by atoms with Crippen molar-refractivity contribution in [1.82, 2.24) is 9.78 Å². The maximum atomic E-state index is 11.7. The molecule has 2 N–H and O–H groups in total. The Balaban J connectivity index is 2.32. The van der Waals surface area contributed by atoms with E-state index in [9.17, 15) is 4.79 Å². The van der Waals surface area contributed by atoms with E-state index in [-0.39, 0.29) is 11.1 Å². The van der Waals surface area contributed by atoms with Crippen molar-refractivity contribution in [2.75, 3.05) is 12.3 Å². The van der Waals surface area contributed by atoms with E-state index in [1.807, 2.05) is 24.3 Å². The topological polar surface area (TPSA) is 70.1 Å². The molecule has 1 aromatic heterocycles. The van der Waals surface area contributed by atoms with Crippen molar-refractivity contribution in [3.05, 3.63) is 41.6 Å². The van der Waals surface area contributed by atoms with Gasteiger partial charge in [-0.3, -0.25) is 0 Å². The molecule has 0 saturated heterocycles. The van der Waals surface area contributed by atoms with Crippen LogP contribution in [0, 0.1) is 0 Å². The number of benzene rings is 1. The number of carbonyl (C=O) groups is 1. The molecule has 0 fully saturated rings. The fourth-order valence-electron chi connectivity index (χ4n) is 2.01. The SMILES string of the molecule is CCOC(=O)c1cc(N)n(-c2ccc(C(C)(C)C)cc2)n1. The van der Waals surface area contributed by atoms with Crippen molar-refractivity contribution < 1.29 is 9.53 Å². The summed E-state index contributed by atoms with van der Waals surface area (Å²) in [5.41, 5.74) is 8.27. The zero-order chi connectivity index (χ0) is 15.6. The monoisotopic (exact) mass is 287 g/mol. The number of ether oxygens (including phenoxy) is 1. The Labute approximate surface area is 124 Å². The summed E-state index contributed by atoms with van der Waals surface area (Å²) in [6, 6.07) is 9.49. The van der Waals surface area contributed by atoms with Crippen LogP contribution in [0.5, 0.6) is 0 Å². The van der Waals surface area contributed by atoms with Crippen LogP contribution >= 0.6 is 0 Å². The summed E-state index contributed by atoms with van der Waals surface area (Å²) in [5, 5.41) is 4.21. The van der Waals surface area contributed by atoms with Gasteiger partial charge in [0.2, 0.25) is 0 Å². The third-order valence-electron chi connectivity index (χ3n) is 3.20. The fraction of sp³-hybridized carbons (Fsp3) is 0.375. The number of rotatable bonds is 3. The van der Waals surface area contributed by atoms with E-state index in [1.165, 1.54) is 11.6 Å². The zero-order valence-corrected chi connectivity index (χ0v) is 12.9. The number of nitrogens with two attached hydrogens (primary N) is 1. The number of nitrogen functional groups attached to an aromatic ring is 1. The van der Waals surface area contributed by atoms with Crippen molar-refractivity contribution in [2.24, 2.45) is 0 Å². The highest BCUT2D eigenvalue weighted by atomic mass is 16.5. The maximum Gasteiger partial charge on any atom is 0.358 e. The second-order valence-corrected chi connectivity index (χ2v) is 5.88. The van der Waals surface area contributed by atoms with Crippen LogP contribution < -0.4 is 5.73 Å². The predicted octanol–water partition coefficient (Wildman–Crippen LogP) is 2.93. The molecule has 0 spiro atoms. The van der Waals surface area contributed by atoms with Crippen LogP contribution in [0.15, 0.2) is 30.3 Å². The van der Waals surface area contributed by atoms with Gasteiger partial charge >= 0.3 is 5.97 Å². The first-order valence-electron chi connectivity index (χ1n) is 6.96. The summed E-state index contributed by atoms with van der Waals surface area (Å²) in [7, 11) is 0. The molecule has 0 radical (unpaired) electrons. The summed E-state index contributed by atoms with van der Waals surface area (Å²) in [5.74, 6) is -0.0594. The van der Waals surface area contributed by atoms with Crippen molar-refractivity contribution in [3.8, 4) is 5.69 Å². The summed E-state index contributed by atoms with van der Waals surface area (Å²) in [6.45, 7) is 8.53. The van der Waals surface area contributed by atoms with E-state index in [1.54, 1.807) is 11.6 Å². The molecule has 0 amide bonds. The highest BCUT2D eigenvalue weighted by Crippen LogP contribution is 2.24. The first-order chi connectivity index (χ1) is 9.82. The molecule has 0 bridgehead atoms. The van der Waals surface area contributed by atoms with Gasteiger partial charge in [-0.05, 0) is 30.0 Å². The van der Waals surface area contributed by atoms with Gasteiger partial charge < -0.3 is 10.5 Å². The number of anilines is 1. The van der Waals surface area contributed by atoms with Crippen LogP contribution in [0.1, 0.15) is 43.7 Å². The van der Waals surface area contributed by atoms with Gasteiger partial charge in [0.25, 0.3) is 0 Å². The zero-order valence-electron chi connectivity index (χ0n) is 12.9. The second-order valence-electron chi connectivity index (χ2n) is 5.88. The van der Waals surface area contributed by atoms with Gasteiger partial charge in [-0.1, -0.05) is 32.9 Å². The molecule has 1 heterocycles. The van der Waals surface area contributed by atoms with Crippen molar-refractivity contribution in [2.45, 2.75) is 33.1 Å². The minimum atomic E-state index is -0.464. The highest BCUT2D eigenvalue weighted by Gasteiger charge is 2.16. The minimum absolute atomic E-state index is 0.0876. The van der Waals surface area contributed by atoms with Gasteiger partial charge in [-0.2, -0.15) is 5.10 Å². The van der Waals surface area contributed by atoms with Crippen LogP contribution in [-0.4, -0.2) is 22.4 Å². The first-order valence-corrected chi connectivity index (χ1v) is 6.96. The molecule has 1 aromatic carbocycles. The van der Waals surface area contributed by atoms with Gasteiger partial charge in [-0.15, -0.1) is 0 Å². The molecule has 5 heteroatoms. The quantitative estimate of drug-likeness (QED) is 0.881. The Morgan fingerprint density at radius 1 is 1.29 bits per heavy atom. The number of carbonyl (C=O) groups excluding carboxylic acids is 1. The normalized spacial score (nSPS) is 11.4. The third-order valence-corrected chi connectivity index (χ3v) is 3.20. The van der Waals surface area contributed by atoms with Crippen molar-refractivity contribution >= 4 is 11.8 Å². The van der Waals surface area contributed by atoms with Crippen molar-refractivity contribution in [3.63, 3.8) is 0 Å². The number of aromatic nitrogens is 2. The lowest BCUT2D eigenvalue weighted by Crippen LogP contribution is -2.11. The lowest BCUT2D eigenvalue weighted by molar-refractivity contribution is 0.0519. The van der Waals surface area contributed by atoms with Gasteiger partial charge in [0.1, 0.15) is 5.82 Å². The van der Waals surface area contributed by atoms with Crippen LogP contribution in [0.3, 0.4) is 0 Å². The smallest absolute Gasteiger partial charge is 0.358 e. The Bertz CT molecular complexity index is 637. The average molecular weight is 287 g/mol. The molecule has 0 atom stereocenters. The average Bonchev–Trinajstić information content (AvgIpc) is 2.80. The molecule has 112 valence electrons. The number of esters is 1. The van der Waals surface area contributed by atoms with Gasteiger partial charge in [-0.25, -0.2) is 9.48 Å². The van der Waals surface area contributed by atoms with Crippen LogP contribution in [-0.2, 0) is 10.2 Å². The fourth-order valence-corrected chi connectivity index (χ4v) is 2.01. The largest absolute Gasteiger partial charge is 0.461 e. The molecular formula is C16H21N3O2. The molecule has 2 aromatic rings. The summed E-state index contributed by atoms with van der Waals surface area (Å²) < 4.78 is 6.47. The molecule has 5 nitrogen and oxygen atoms in total. The molecule has 0 aliphatic rings. The maximum absolute atomic E-state index is 11.7.